The number of nitrogens with one attached hydrogen (secondary N) is 2. The van der Waals surface area contributed by atoms with Crippen LogP contribution in [0.3, 0.4) is 0 Å². The Labute approximate surface area is 203 Å². The monoisotopic (exact) mass is 475 g/mol. The zero-order valence-electron chi connectivity index (χ0n) is 20.2. The van der Waals surface area contributed by atoms with Gasteiger partial charge in [0, 0.05) is 17.8 Å². The van der Waals surface area contributed by atoms with Crippen LogP contribution in [0.4, 0.5) is 5.69 Å². The number of aromatic nitrogens is 1. The minimum Gasteiger partial charge on any atom is -0.467 e. The normalized spacial score (nSPS) is 11.6. The molecule has 0 bridgehead atoms. The molecule has 8 heteroatoms. The summed E-state index contributed by atoms with van der Waals surface area (Å²) in [6, 6.07) is 18.2. The Morgan fingerprint density at radius 1 is 0.943 bits per heavy atom. The maximum absolute atomic E-state index is 13.5. The van der Waals surface area contributed by atoms with E-state index in [1.165, 1.54) is 17.7 Å². The summed E-state index contributed by atoms with van der Waals surface area (Å²) in [4.78, 5) is 52.1. The summed E-state index contributed by atoms with van der Waals surface area (Å²) in [5, 5.41) is 5.45. The zero-order valence-corrected chi connectivity index (χ0v) is 20.2. The van der Waals surface area contributed by atoms with Crippen LogP contribution in [0.2, 0.25) is 0 Å². The third kappa shape index (κ3) is 5.84. The molecule has 0 unspecified atom stereocenters. The topological polar surface area (TPSA) is 106 Å². The molecule has 3 rings (SSSR count). The van der Waals surface area contributed by atoms with Crippen molar-refractivity contribution in [2.24, 2.45) is 5.92 Å². The fourth-order valence-corrected chi connectivity index (χ4v) is 3.83. The average molecular weight is 476 g/mol. The van der Waals surface area contributed by atoms with Crippen LogP contribution in [0.25, 0.3) is 0 Å². The van der Waals surface area contributed by atoms with Crippen LogP contribution in [0, 0.1) is 12.8 Å². The molecule has 0 spiro atoms. The van der Waals surface area contributed by atoms with Crippen molar-refractivity contribution in [3.05, 3.63) is 99.5 Å². The van der Waals surface area contributed by atoms with Crippen molar-refractivity contribution in [3.63, 3.8) is 0 Å². The molecule has 0 saturated carbocycles. The highest BCUT2D eigenvalue weighted by Gasteiger charge is 2.30. The summed E-state index contributed by atoms with van der Waals surface area (Å²) >= 11 is 0. The molecule has 0 radical (unpaired) electrons. The number of hydrogen-bond acceptors (Lipinski definition) is 5. The Kier molecular flexibility index (Phi) is 8.20. The van der Waals surface area contributed by atoms with Gasteiger partial charge in [-0.15, -0.1) is 0 Å². The lowest BCUT2D eigenvalue weighted by atomic mass is 10.0. The molecule has 0 saturated heterocycles. The Morgan fingerprint density at radius 3 is 2.11 bits per heavy atom. The van der Waals surface area contributed by atoms with Crippen molar-refractivity contribution in [1.29, 1.82) is 0 Å². The third-order valence-electron chi connectivity index (χ3n) is 5.67. The predicted molar refractivity (Wildman–Crippen MR) is 133 cm³/mol. The molecule has 1 heterocycles. The van der Waals surface area contributed by atoms with E-state index in [0.717, 1.165) is 5.56 Å². The van der Waals surface area contributed by atoms with E-state index >= 15 is 0 Å². The first kappa shape index (κ1) is 25.4. The van der Waals surface area contributed by atoms with Gasteiger partial charge in [-0.2, -0.15) is 0 Å². The number of benzene rings is 2. The van der Waals surface area contributed by atoms with E-state index in [-0.39, 0.29) is 23.7 Å². The molecular formula is C27H29N3O5. The number of nitrogens with zero attached hydrogens (tertiary/aromatic N) is 1. The van der Waals surface area contributed by atoms with Gasteiger partial charge in [0.25, 0.3) is 17.4 Å². The highest BCUT2D eigenvalue weighted by molar-refractivity contribution is 6.05. The van der Waals surface area contributed by atoms with Gasteiger partial charge >= 0.3 is 5.97 Å². The standard InChI is InChI=1S/C27H29N3O5/c1-17(2)23(27(34)35-4)30-18(3)21(25(32)28-16-19-11-7-5-8-12-19)15-22(26(30)33)29-24(31)20-13-9-6-10-14-20/h5-15,17,23H,16H2,1-4H3,(H,28,32)(H,29,31)/t23-/m1/s1. The predicted octanol–water partition coefficient (Wildman–Crippen LogP) is 3.71. The molecule has 1 aromatic heterocycles. The van der Waals surface area contributed by atoms with Gasteiger partial charge in [-0.3, -0.25) is 19.0 Å². The number of hydrogen-bond donors (Lipinski definition) is 2. The summed E-state index contributed by atoms with van der Waals surface area (Å²) in [6.07, 6.45) is 0. The third-order valence-corrected chi connectivity index (χ3v) is 5.67. The molecule has 182 valence electrons. The van der Waals surface area contributed by atoms with E-state index in [1.54, 1.807) is 51.1 Å². The Hall–Kier alpha value is -4.20. The van der Waals surface area contributed by atoms with Gasteiger partial charge in [-0.1, -0.05) is 62.4 Å². The molecule has 35 heavy (non-hydrogen) atoms. The fourth-order valence-electron chi connectivity index (χ4n) is 3.83. The fraction of sp³-hybridized carbons (Fsp3) is 0.259. The Morgan fingerprint density at radius 2 is 1.54 bits per heavy atom. The SMILES string of the molecule is COC(=O)[C@@H](C(C)C)n1c(C)c(C(=O)NCc2ccccc2)cc(NC(=O)c2ccccc2)c1=O. The number of amides is 2. The van der Waals surface area contributed by atoms with Crippen molar-refractivity contribution < 1.29 is 19.1 Å². The van der Waals surface area contributed by atoms with Crippen molar-refractivity contribution in [1.82, 2.24) is 9.88 Å². The number of esters is 1. The number of carbonyl (C=O) groups excluding carboxylic acids is 3. The number of methoxy groups -OCH3 is 1. The second-order valence-corrected chi connectivity index (χ2v) is 8.43. The van der Waals surface area contributed by atoms with Gasteiger partial charge in [0.05, 0.1) is 12.7 Å². The van der Waals surface area contributed by atoms with E-state index in [9.17, 15) is 19.2 Å². The van der Waals surface area contributed by atoms with Crippen molar-refractivity contribution >= 4 is 23.5 Å². The maximum Gasteiger partial charge on any atom is 0.329 e. The highest BCUT2D eigenvalue weighted by atomic mass is 16.5. The minimum atomic E-state index is -0.984. The Balaban J connectivity index is 2.08. The summed E-state index contributed by atoms with van der Waals surface area (Å²) in [6.45, 7) is 5.42. The maximum atomic E-state index is 13.5. The molecule has 0 aliphatic heterocycles. The zero-order chi connectivity index (χ0) is 25.5. The second-order valence-electron chi connectivity index (χ2n) is 8.43. The number of ether oxygens (including phenoxy) is 1. The lowest BCUT2D eigenvalue weighted by molar-refractivity contribution is -0.146. The van der Waals surface area contributed by atoms with Crippen LogP contribution >= 0.6 is 0 Å². The van der Waals surface area contributed by atoms with Crippen LogP contribution in [0.5, 0.6) is 0 Å². The second kappa shape index (κ2) is 11.3. The molecule has 8 nitrogen and oxygen atoms in total. The number of anilines is 1. The minimum absolute atomic E-state index is 0.108. The van der Waals surface area contributed by atoms with E-state index in [4.69, 9.17) is 4.74 Å². The Bertz CT molecular complexity index is 1270. The van der Waals surface area contributed by atoms with Crippen LogP contribution in [-0.2, 0) is 16.1 Å². The van der Waals surface area contributed by atoms with E-state index in [1.807, 2.05) is 30.3 Å². The molecule has 0 fully saturated rings. The van der Waals surface area contributed by atoms with Crippen LogP contribution in [0.15, 0.2) is 71.5 Å². The van der Waals surface area contributed by atoms with E-state index < -0.39 is 29.4 Å². The molecule has 2 N–H and O–H groups in total. The van der Waals surface area contributed by atoms with Gasteiger partial charge in [-0.25, -0.2) is 4.79 Å². The largest absolute Gasteiger partial charge is 0.467 e. The number of carbonyl (C=O) groups is 3. The smallest absolute Gasteiger partial charge is 0.329 e. The van der Waals surface area contributed by atoms with Crippen molar-refractivity contribution in [3.8, 4) is 0 Å². The molecular weight excluding hydrogens is 446 g/mol. The average Bonchev–Trinajstić information content (AvgIpc) is 2.87. The summed E-state index contributed by atoms with van der Waals surface area (Å²) in [5.41, 5.74) is 1.00. The van der Waals surface area contributed by atoms with Crippen molar-refractivity contribution in [2.75, 3.05) is 12.4 Å². The van der Waals surface area contributed by atoms with Gasteiger partial charge in [0.15, 0.2) is 0 Å². The van der Waals surface area contributed by atoms with Crippen molar-refractivity contribution in [2.45, 2.75) is 33.4 Å². The lowest BCUT2D eigenvalue weighted by Crippen LogP contribution is -2.39. The molecule has 2 aromatic carbocycles. The molecule has 0 aliphatic carbocycles. The summed E-state index contributed by atoms with van der Waals surface area (Å²) < 4.78 is 6.18. The quantitative estimate of drug-likeness (QED) is 0.483. The van der Waals surface area contributed by atoms with E-state index in [2.05, 4.69) is 10.6 Å². The molecule has 2 amide bonds. The first-order valence-electron chi connectivity index (χ1n) is 11.3. The number of pyridine rings is 1. The first-order chi connectivity index (χ1) is 16.7. The molecule has 0 aliphatic rings. The van der Waals surface area contributed by atoms with Crippen LogP contribution in [0.1, 0.15) is 51.9 Å². The van der Waals surface area contributed by atoms with Gasteiger partial charge in [0.2, 0.25) is 0 Å². The molecule has 1 atom stereocenters. The summed E-state index contributed by atoms with van der Waals surface area (Å²) in [7, 11) is 1.24. The first-order valence-corrected chi connectivity index (χ1v) is 11.3. The molecule has 3 aromatic rings. The lowest BCUT2D eigenvalue weighted by Gasteiger charge is -2.25. The number of rotatable bonds is 8. The van der Waals surface area contributed by atoms with E-state index in [0.29, 0.717) is 11.3 Å². The van der Waals surface area contributed by atoms with Crippen LogP contribution < -0.4 is 16.2 Å². The van der Waals surface area contributed by atoms with Gasteiger partial charge in [0.1, 0.15) is 11.7 Å². The van der Waals surface area contributed by atoms with Crippen LogP contribution in [-0.4, -0.2) is 29.5 Å². The van der Waals surface area contributed by atoms with Gasteiger partial charge in [-0.05, 0) is 36.6 Å². The highest BCUT2D eigenvalue weighted by Crippen LogP contribution is 2.23. The summed E-state index contributed by atoms with van der Waals surface area (Å²) in [5.74, 6) is -1.89. The van der Waals surface area contributed by atoms with Gasteiger partial charge < -0.3 is 15.4 Å².